The molecule has 0 spiro atoms. The van der Waals surface area contributed by atoms with Crippen LogP contribution >= 0.6 is 0 Å². The summed E-state index contributed by atoms with van der Waals surface area (Å²) < 4.78 is 27.0. The summed E-state index contributed by atoms with van der Waals surface area (Å²) in [6.07, 6.45) is 0. The lowest BCUT2D eigenvalue weighted by molar-refractivity contribution is -0.712. The summed E-state index contributed by atoms with van der Waals surface area (Å²) in [7, 11) is -4.81. The third kappa shape index (κ3) is 2.70. The van der Waals surface area contributed by atoms with E-state index in [1.54, 1.807) is 36.4 Å². The van der Waals surface area contributed by atoms with Gasteiger partial charge in [-0.1, -0.05) is 40.4 Å². The molecule has 0 radical (unpaired) electrons. The van der Waals surface area contributed by atoms with Gasteiger partial charge in [0, 0.05) is 24.3 Å². The lowest BCUT2D eigenvalue weighted by Gasteiger charge is -2.27. The van der Waals surface area contributed by atoms with Crippen molar-refractivity contribution < 1.29 is 17.8 Å². The average Bonchev–Trinajstić information content (AvgIpc) is 2.46. The van der Waals surface area contributed by atoms with E-state index in [9.17, 15) is 18.5 Å². The molecule has 2 rings (SSSR count). The lowest BCUT2D eigenvalue weighted by Crippen LogP contribution is -2.56. The van der Waals surface area contributed by atoms with Crippen molar-refractivity contribution in [3.8, 4) is 0 Å². The number of hydrogen-bond donors (Lipinski definition) is 1. The molecule has 0 atom stereocenters. The van der Waals surface area contributed by atoms with Gasteiger partial charge in [0.05, 0.1) is 0 Å². The van der Waals surface area contributed by atoms with Crippen molar-refractivity contribution in [1.82, 2.24) is 4.00 Å². The minimum atomic E-state index is -4.81. The van der Waals surface area contributed by atoms with Crippen LogP contribution in [0, 0.1) is 10.1 Å². The second kappa shape index (κ2) is 5.48. The Bertz CT molecular complexity index is 695. The molecule has 0 heterocycles. The van der Waals surface area contributed by atoms with Crippen LogP contribution in [0.4, 0.5) is 11.4 Å². The van der Waals surface area contributed by atoms with Crippen molar-refractivity contribution in [3.63, 3.8) is 0 Å². The molecule has 9 heteroatoms. The number of hydrogen-bond acceptors (Lipinski definition) is 6. The summed E-state index contributed by atoms with van der Waals surface area (Å²) in [6, 6.07) is 15.4. The van der Waals surface area contributed by atoms with Crippen LogP contribution in [0.5, 0.6) is 0 Å². The standard InChI is InChI=1S/C12H12N3O5S/c13-15(11-7-3-1-4-8-11,12-9-5-2-6-10-12)21(18,19)20-14(16)17/h1-10H,13H2/q+1. The molecule has 2 N–H and O–H groups in total. The van der Waals surface area contributed by atoms with Crippen molar-refractivity contribution >= 4 is 21.7 Å². The van der Waals surface area contributed by atoms with Crippen LogP contribution in [-0.2, 0) is 14.6 Å². The minimum Gasteiger partial charge on any atom is -0.153 e. The first-order chi connectivity index (χ1) is 9.88. The maximum atomic E-state index is 12.2. The van der Waals surface area contributed by atoms with E-state index in [0.717, 1.165) is 0 Å². The smallest absolute Gasteiger partial charge is 0.153 e. The lowest BCUT2D eigenvalue weighted by atomic mass is 10.2. The monoisotopic (exact) mass is 310 g/mol. The van der Waals surface area contributed by atoms with E-state index < -0.39 is 19.4 Å². The maximum absolute atomic E-state index is 12.2. The summed E-state index contributed by atoms with van der Waals surface area (Å²) >= 11 is 0. The second-order valence-corrected chi connectivity index (χ2v) is 5.64. The van der Waals surface area contributed by atoms with Gasteiger partial charge in [0.15, 0.2) is 11.4 Å². The molecular formula is C12H12N3O5S+. The van der Waals surface area contributed by atoms with Gasteiger partial charge in [0.25, 0.3) is 0 Å². The number of para-hydroxylation sites is 2. The third-order valence-electron chi connectivity index (χ3n) is 2.79. The second-order valence-electron chi connectivity index (χ2n) is 4.05. The Balaban J connectivity index is 2.69. The SMILES string of the molecule is N[N+](c1ccccc1)(c1ccccc1)S(=O)(=O)O[N+](=O)[O-]. The fourth-order valence-electron chi connectivity index (χ4n) is 1.84. The predicted molar refractivity (Wildman–Crippen MR) is 75.5 cm³/mol. The van der Waals surface area contributed by atoms with Gasteiger partial charge in [-0.25, -0.2) is 0 Å². The number of rotatable bonds is 5. The van der Waals surface area contributed by atoms with Gasteiger partial charge in [-0.3, -0.25) is 0 Å². The van der Waals surface area contributed by atoms with Crippen LogP contribution in [0.2, 0.25) is 0 Å². The zero-order valence-corrected chi connectivity index (χ0v) is 11.5. The van der Waals surface area contributed by atoms with Crippen molar-refractivity contribution in [3.05, 3.63) is 70.8 Å². The molecule has 0 aliphatic heterocycles. The molecule has 0 saturated carbocycles. The van der Waals surface area contributed by atoms with Crippen LogP contribution in [-0.4, -0.2) is 13.5 Å². The number of nitrogens with two attached hydrogens (primary N) is 1. The Morgan fingerprint density at radius 3 is 1.67 bits per heavy atom. The molecule has 21 heavy (non-hydrogen) atoms. The molecular weight excluding hydrogens is 298 g/mol. The van der Waals surface area contributed by atoms with E-state index in [1.807, 2.05) is 0 Å². The highest BCUT2D eigenvalue weighted by Gasteiger charge is 2.47. The van der Waals surface area contributed by atoms with Gasteiger partial charge in [-0.05, 0) is 0 Å². The van der Waals surface area contributed by atoms with Crippen LogP contribution in [0.25, 0.3) is 0 Å². The molecule has 0 fully saturated rings. The normalized spacial score (nSPS) is 11.9. The summed E-state index contributed by atoms with van der Waals surface area (Å²) in [4.78, 5) is 10.5. The van der Waals surface area contributed by atoms with Gasteiger partial charge < -0.3 is 0 Å². The van der Waals surface area contributed by atoms with E-state index in [2.05, 4.69) is 4.28 Å². The average molecular weight is 310 g/mol. The van der Waals surface area contributed by atoms with Crippen molar-refractivity contribution in [1.29, 1.82) is 0 Å². The number of benzene rings is 2. The Hall–Kier alpha value is -2.49. The number of nitrogens with zero attached hydrogens (tertiary/aromatic N) is 2. The summed E-state index contributed by atoms with van der Waals surface area (Å²) in [5.41, 5.74) is 0.205. The molecule has 0 saturated heterocycles. The van der Waals surface area contributed by atoms with Gasteiger partial charge in [0.2, 0.25) is 0 Å². The van der Waals surface area contributed by atoms with Crippen LogP contribution in [0.3, 0.4) is 0 Å². The highest BCUT2D eigenvalue weighted by molar-refractivity contribution is 7.86. The van der Waals surface area contributed by atoms with Crippen LogP contribution in [0.1, 0.15) is 0 Å². The Labute approximate surface area is 120 Å². The van der Waals surface area contributed by atoms with E-state index in [0.29, 0.717) is 0 Å². The highest BCUT2D eigenvalue weighted by Crippen LogP contribution is 2.34. The molecule has 8 nitrogen and oxygen atoms in total. The molecule has 0 unspecified atom stereocenters. The summed E-state index contributed by atoms with van der Waals surface area (Å²) in [5.74, 6) is 5.99. The molecule has 0 aliphatic rings. The molecule has 2 aromatic rings. The largest absolute Gasteiger partial charge is 0.497 e. The first-order valence-electron chi connectivity index (χ1n) is 5.76. The Kier molecular flexibility index (Phi) is 3.89. The molecule has 0 bridgehead atoms. The summed E-state index contributed by atoms with van der Waals surface area (Å²) in [5, 5.41) is 9.06. The van der Waals surface area contributed by atoms with Gasteiger partial charge in [0.1, 0.15) is 0 Å². The zero-order chi connectivity index (χ0) is 15.5. The van der Waals surface area contributed by atoms with Crippen molar-refractivity contribution in [2.75, 3.05) is 0 Å². The van der Waals surface area contributed by atoms with Crippen molar-refractivity contribution in [2.24, 2.45) is 5.84 Å². The fourth-order valence-corrected chi connectivity index (χ4v) is 2.85. The van der Waals surface area contributed by atoms with Crippen LogP contribution in [0.15, 0.2) is 60.7 Å². The van der Waals surface area contributed by atoms with Crippen molar-refractivity contribution in [2.45, 2.75) is 0 Å². The topological polar surface area (TPSA) is 113 Å². The molecule has 0 amide bonds. The van der Waals surface area contributed by atoms with E-state index in [-0.39, 0.29) is 11.4 Å². The summed E-state index contributed by atoms with van der Waals surface area (Å²) in [6.45, 7) is 0. The predicted octanol–water partition coefficient (Wildman–Crippen LogP) is 1.65. The maximum Gasteiger partial charge on any atom is 0.497 e. The first-order valence-corrected chi connectivity index (χ1v) is 7.12. The molecule has 0 aliphatic carbocycles. The minimum absolute atomic E-state index is 0.102. The Morgan fingerprint density at radius 1 is 0.952 bits per heavy atom. The van der Waals surface area contributed by atoms with E-state index in [4.69, 9.17) is 5.84 Å². The van der Waals surface area contributed by atoms with E-state index in [1.165, 1.54) is 24.3 Å². The zero-order valence-electron chi connectivity index (χ0n) is 10.7. The quantitative estimate of drug-likeness (QED) is 0.389. The van der Waals surface area contributed by atoms with Gasteiger partial charge in [-0.2, -0.15) is 5.84 Å². The molecule has 0 aromatic heterocycles. The van der Waals surface area contributed by atoms with Gasteiger partial charge >= 0.3 is 15.4 Å². The Morgan fingerprint density at radius 2 is 1.33 bits per heavy atom. The fraction of sp³-hybridized carbons (Fsp3) is 0. The highest BCUT2D eigenvalue weighted by atomic mass is 32.2. The molecule has 2 aromatic carbocycles. The van der Waals surface area contributed by atoms with E-state index >= 15 is 0 Å². The third-order valence-corrected chi connectivity index (χ3v) is 4.22. The van der Waals surface area contributed by atoms with Crippen LogP contribution < -0.4 is 9.84 Å². The first kappa shape index (κ1) is 14.9. The number of quaternary nitrogens is 1. The van der Waals surface area contributed by atoms with Gasteiger partial charge in [-0.15, -0.1) is 22.8 Å². The molecule has 110 valence electrons.